The molecule has 0 bridgehead atoms. The van der Waals surface area contributed by atoms with E-state index in [1.54, 1.807) is 6.20 Å². The summed E-state index contributed by atoms with van der Waals surface area (Å²) in [7, 11) is 0. The second-order valence-electron chi connectivity index (χ2n) is 5.09. The molecule has 0 unspecified atom stereocenters. The summed E-state index contributed by atoms with van der Waals surface area (Å²) in [5.41, 5.74) is 3.51. The Bertz CT molecular complexity index is 829. The third kappa shape index (κ3) is 2.19. The van der Waals surface area contributed by atoms with Gasteiger partial charge in [0.1, 0.15) is 10.7 Å². The molecular weight excluding hydrogens is 294 g/mol. The highest BCUT2D eigenvalue weighted by molar-refractivity contribution is 7.13. The van der Waals surface area contributed by atoms with Gasteiger partial charge in [0, 0.05) is 23.8 Å². The number of anilines is 1. The van der Waals surface area contributed by atoms with Gasteiger partial charge in [0.15, 0.2) is 0 Å². The fourth-order valence-electron chi connectivity index (χ4n) is 2.67. The second-order valence-corrected chi connectivity index (χ2v) is 5.95. The molecule has 0 N–H and O–H groups in total. The Balaban J connectivity index is 1.64. The first-order valence-electron chi connectivity index (χ1n) is 7.09. The molecule has 2 aromatic heterocycles. The number of pyridine rings is 1. The Hall–Kier alpha value is -2.53. The number of hydrogen-bond donors (Lipinski definition) is 0. The maximum Gasteiger partial charge on any atom is 0.277 e. The number of hydrogen-bond acceptors (Lipinski definition) is 4. The van der Waals surface area contributed by atoms with Crippen LogP contribution in [-0.4, -0.2) is 22.4 Å². The normalized spacial score (nSPS) is 13.2. The Morgan fingerprint density at radius 2 is 2.00 bits per heavy atom. The van der Waals surface area contributed by atoms with Crippen LogP contribution in [0.3, 0.4) is 0 Å². The molecule has 5 heteroatoms. The molecule has 4 rings (SSSR count). The summed E-state index contributed by atoms with van der Waals surface area (Å²) in [6, 6.07) is 13.7. The fourth-order valence-corrected chi connectivity index (χ4v) is 3.44. The summed E-state index contributed by atoms with van der Waals surface area (Å²) >= 11 is 1.45. The van der Waals surface area contributed by atoms with Crippen LogP contribution in [0.5, 0.6) is 0 Å². The molecule has 0 atom stereocenters. The summed E-state index contributed by atoms with van der Waals surface area (Å²) in [6.45, 7) is 0.717. The zero-order valence-corrected chi connectivity index (χ0v) is 12.6. The van der Waals surface area contributed by atoms with E-state index < -0.39 is 0 Å². The van der Waals surface area contributed by atoms with Gasteiger partial charge in [0.25, 0.3) is 5.91 Å². The van der Waals surface area contributed by atoms with Crippen molar-refractivity contribution < 1.29 is 4.79 Å². The Kier molecular flexibility index (Phi) is 3.20. The molecule has 0 radical (unpaired) electrons. The van der Waals surface area contributed by atoms with Crippen molar-refractivity contribution in [2.24, 2.45) is 0 Å². The molecule has 1 aliphatic heterocycles. The molecule has 0 aliphatic carbocycles. The maximum atomic E-state index is 12.7. The lowest BCUT2D eigenvalue weighted by atomic mass is 10.2. The number of carbonyl (C=O) groups excluding carboxylic acids is 1. The van der Waals surface area contributed by atoms with Gasteiger partial charge in [-0.3, -0.25) is 9.78 Å². The minimum absolute atomic E-state index is 0.0385. The van der Waals surface area contributed by atoms with Crippen LogP contribution in [0.25, 0.3) is 10.7 Å². The lowest BCUT2D eigenvalue weighted by Gasteiger charge is -2.15. The minimum Gasteiger partial charge on any atom is -0.306 e. The molecule has 0 fully saturated rings. The van der Waals surface area contributed by atoms with Crippen LogP contribution in [0.4, 0.5) is 5.69 Å². The van der Waals surface area contributed by atoms with E-state index in [0.717, 1.165) is 22.8 Å². The molecule has 1 amide bonds. The van der Waals surface area contributed by atoms with Crippen LogP contribution in [0, 0.1) is 0 Å². The van der Waals surface area contributed by atoms with Gasteiger partial charge in [0.05, 0.1) is 5.69 Å². The molecule has 4 nitrogen and oxygen atoms in total. The quantitative estimate of drug-likeness (QED) is 0.729. The van der Waals surface area contributed by atoms with Gasteiger partial charge in [-0.05, 0) is 30.2 Å². The van der Waals surface area contributed by atoms with Gasteiger partial charge < -0.3 is 4.90 Å². The van der Waals surface area contributed by atoms with E-state index in [4.69, 9.17) is 0 Å². The van der Waals surface area contributed by atoms with Gasteiger partial charge in [0.2, 0.25) is 0 Å². The summed E-state index contributed by atoms with van der Waals surface area (Å²) in [5.74, 6) is -0.0385. The number of thiazole rings is 1. The third-order valence-electron chi connectivity index (χ3n) is 3.74. The fraction of sp³-hybridized carbons (Fsp3) is 0.118. The van der Waals surface area contributed by atoms with E-state index in [2.05, 4.69) is 16.0 Å². The van der Waals surface area contributed by atoms with Crippen molar-refractivity contribution in [2.75, 3.05) is 11.4 Å². The molecular formula is C17H13N3OS. The van der Waals surface area contributed by atoms with E-state index in [9.17, 15) is 4.79 Å². The van der Waals surface area contributed by atoms with Crippen LogP contribution in [0.1, 0.15) is 16.1 Å². The van der Waals surface area contributed by atoms with E-state index in [-0.39, 0.29) is 5.91 Å². The molecule has 22 heavy (non-hydrogen) atoms. The summed E-state index contributed by atoms with van der Waals surface area (Å²) < 4.78 is 0. The van der Waals surface area contributed by atoms with Gasteiger partial charge in [-0.15, -0.1) is 11.3 Å². The van der Waals surface area contributed by atoms with E-state index in [1.807, 2.05) is 46.7 Å². The third-order valence-corrected chi connectivity index (χ3v) is 4.60. The lowest BCUT2D eigenvalue weighted by Crippen LogP contribution is -2.29. The molecule has 0 spiro atoms. The van der Waals surface area contributed by atoms with Crippen LogP contribution in [-0.2, 0) is 6.42 Å². The van der Waals surface area contributed by atoms with Crippen molar-refractivity contribution in [2.45, 2.75) is 6.42 Å². The Labute approximate surface area is 132 Å². The number of amides is 1. The summed E-state index contributed by atoms with van der Waals surface area (Å²) in [5, 5.41) is 2.59. The van der Waals surface area contributed by atoms with Crippen molar-refractivity contribution in [1.82, 2.24) is 9.97 Å². The minimum atomic E-state index is -0.0385. The van der Waals surface area contributed by atoms with Crippen molar-refractivity contribution in [1.29, 1.82) is 0 Å². The predicted octanol–water partition coefficient (Wildman–Crippen LogP) is 3.41. The number of carbonyl (C=O) groups is 1. The topological polar surface area (TPSA) is 46.1 Å². The Morgan fingerprint density at radius 3 is 2.86 bits per heavy atom. The van der Waals surface area contributed by atoms with E-state index >= 15 is 0 Å². The molecule has 108 valence electrons. The van der Waals surface area contributed by atoms with Crippen molar-refractivity contribution in [3.05, 3.63) is 65.3 Å². The number of para-hydroxylation sites is 1. The molecule has 0 saturated carbocycles. The number of aromatic nitrogens is 2. The smallest absolute Gasteiger partial charge is 0.277 e. The van der Waals surface area contributed by atoms with Crippen molar-refractivity contribution in [3.63, 3.8) is 0 Å². The highest BCUT2D eigenvalue weighted by Gasteiger charge is 2.26. The van der Waals surface area contributed by atoms with Crippen LogP contribution in [0.15, 0.2) is 54.0 Å². The summed E-state index contributed by atoms with van der Waals surface area (Å²) in [6.07, 6.45) is 2.63. The zero-order valence-electron chi connectivity index (χ0n) is 11.8. The van der Waals surface area contributed by atoms with Gasteiger partial charge in [-0.2, -0.15) is 0 Å². The van der Waals surface area contributed by atoms with E-state index in [1.165, 1.54) is 16.9 Å². The average molecular weight is 307 g/mol. The first kappa shape index (κ1) is 13.2. The maximum absolute atomic E-state index is 12.7. The molecule has 0 saturated heterocycles. The lowest BCUT2D eigenvalue weighted by molar-refractivity contribution is 0.0985. The van der Waals surface area contributed by atoms with E-state index in [0.29, 0.717) is 12.2 Å². The van der Waals surface area contributed by atoms with Crippen LogP contribution < -0.4 is 4.90 Å². The van der Waals surface area contributed by atoms with Crippen molar-refractivity contribution >= 4 is 22.9 Å². The number of nitrogens with zero attached hydrogens (tertiary/aromatic N) is 3. The molecule has 3 aromatic rings. The second kappa shape index (κ2) is 5.35. The predicted molar refractivity (Wildman–Crippen MR) is 87.2 cm³/mol. The van der Waals surface area contributed by atoms with Crippen molar-refractivity contribution in [3.8, 4) is 10.7 Å². The average Bonchev–Trinajstić information content (AvgIpc) is 3.22. The SMILES string of the molecule is O=C(c1csc(-c2ccccn2)n1)N1CCc2ccccc21. The van der Waals surface area contributed by atoms with Crippen LogP contribution in [0.2, 0.25) is 0 Å². The monoisotopic (exact) mass is 307 g/mol. The first-order chi connectivity index (χ1) is 10.8. The number of fused-ring (bicyclic) bond motifs is 1. The zero-order chi connectivity index (χ0) is 14.9. The summed E-state index contributed by atoms with van der Waals surface area (Å²) in [4.78, 5) is 23.3. The molecule has 1 aromatic carbocycles. The largest absolute Gasteiger partial charge is 0.306 e. The highest BCUT2D eigenvalue weighted by Crippen LogP contribution is 2.30. The molecule has 3 heterocycles. The van der Waals surface area contributed by atoms with Gasteiger partial charge >= 0.3 is 0 Å². The van der Waals surface area contributed by atoms with Gasteiger partial charge in [-0.1, -0.05) is 24.3 Å². The van der Waals surface area contributed by atoms with Gasteiger partial charge in [-0.25, -0.2) is 4.98 Å². The number of benzene rings is 1. The standard InChI is InChI=1S/C17H13N3OS/c21-17(20-10-8-12-5-1-2-7-15(12)20)14-11-22-16(19-14)13-6-3-4-9-18-13/h1-7,9,11H,8,10H2. The molecule has 1 aliphatic rings. The number of rotatable bonds is 2. The van der Waals surface area contributed by atoms with Crippen LogP contribution >= 0.6 is 11.3 Å². The first-order valence-corrected chi connectivity index (χ1v) is 7.97. The highest BCUT2D eigenvalue weighted by atomic mass is 32.1. The Morgan fingerprint density at radius 1 is 1.14 bits per heavy atom.